The number of nitrogens with two attached hydrogens (primary N) is 2. The first-order chi connectivity index (χ1) is 9.63. The van der Waals surface area contributed by atoms with Gasteiger partial charge in [0, 0.05) is 18.0 Å². The number of rotatable bonds is 2. The Labute approximate surface area is 118 Å². The number of allylic oxidation sites excluding steroid dienone is 1. The van der Waals surface area contributed by atoms with Gasteiger partial charge in [-0.25, -0.2) is 4.99 Å². The third kappa shape index (κ3) is 6.57. The molecule has 0 saturated carbocycles. The molecule has 5 nitrogen and oxygen atoms in total. The van der Waals surface area contributed by atoms with Crippen molar-refractivity contribution in [2.24, 2.45) is 16.5 Å². The van der Waals surface area contributed by atoms with Crippen molar-refractivity contribution in [2.75, 3.05) is 0 Å². The van der Waals surface area contributed by atoms with Crippen molar-refractivity contribution in [2.45, 2.75) is 0 Å². The highest BCUT2D eigenvalue weighted by molar-refractivity contribution is 6.38. The maximum absolute atomic E-state index is 7.19. The maximum Gasteiger partial charge on any atom is 0.165 e. The summed E-state index contributed by atoms with van der Waals surface area (Å²) in [6.07, 6.45) is 2.37. The molecule has 0 spiro atoms. The summed E-state index contributed by atoms with van der Waals surface area (Å²) in [5.74, 6) is 5.24. The number of nitrogens with one attached hydrogen (secondary N) is 2. The van der Waals surface area contributed by atoms with Crippen LogP contribution in [0.1, 0.15) is 5.56 Å². The Balaban J connectivity index is 0.00000172. The number of benzene rings is 1. The summed E-state index contributed by atoms with van der Waals surface area (Å²) in [6.45, 7) is 6.00. The van der Waals surface area contributed by atoms with Crippen molar-refractivity contribution in [1.82, 2.24) is 0 Å². The molecule has 0 aromatic heterocycles. The van der Waals surface area contributed by atoms with E-state index in [0.29, 0.717) is 5.57 Å². The molecule has 0 atom stereocenters. The van der Waals surface area contributed by atoms with Crippen LogP contribution in [0.15, 0.2) is 60.3 Å². The first-order valence-corrected chi connectivity index (χ1v) is 5.59. The average molecular weight is 267 g/mol. The Morgan fingerprint density at radius 3 is 2.30 bits per heavy atom. The summed E-state index contributed by atoms with van der Waals surface area (Å²) < 4.78 is 0. The summed E-state index contributed by atoms with van der Waals surface area (Å²) in [6, 6.07) is 9.38. The molecular weight excluding hydrogens is 250 g/mol. The lowest BCUT2D eigenvalue weighted by molar-refractivity contribution is 1.43. The fourth-order valence-corrected chi connectivity index (χ4v) is 0.980. The number of hydrogen-bond acceptors (Lipinski definition) is 3. The summed E-state index contributed by atoms with van der Waals surface area (Å²) in [7, 11) is 0. The highest BCUT2D eigenvalue weighted by atomic mass is 14.9. The molecule has 20 heavy (non-hydrogen) atoms. The molecule has 1 rings (SSSR count). The van der Waals surface area contributed by atoms with Crippen molar-refractivity contribution in [1.29, 1.82) is 10.8 Å². The van der Waals surface area contributed by atoms with Crippen molar-refractivity contribution in [3.63, 3.8) is 0 Å². The minimum atomic E-state index is -0.313. The predicted octanol–water partition coefficient (Wildman–Crippen LogP) is 1.67. The van der Waals surface area contributed by atoms with Crippen molar-refractivity contribution < 1.29 is 0 Å². The SMILES string of the molecule is C=C.N=C/C(C#Cc1ccccc1)=C\N=C(N)C(=N)N. The molecular formula is C15H17N5. The maximum atomic E-state index is 7.19. The van der Waals surface area contributed by atoms with Gasteiger partial charge in [-0.15, -0.1) is 13.2 Å². The van der Waals surface area contributed by atoms with E-state index in [2.05, 4.69) is 30.0 Å². The van der Waals surface area contributed by atoms with Gasteiger partial charge in [0.15, 0.2) is 11.7 Å². The van der Waals surface area contributed by atoms with E-state index in [1.54, 1.807) is 0 Å². The van der Waals surface area contributed by atoms with Crippen LogP contribution in [-0.2, 0) is 0 Å². The van der Waals surface area contributed by atoms with Crippen LogP contribution in [0.25, 0.3) is 0 Å². The molecule has 0 bridgehead atoms. The first kappa shape index (κ1) is 16.9. The van der Waals surface area contributed by atoms with Gasteiger partial charge in [0.05, 0.1) is 5.57 Å². The lowest BCUT2D eigenvalue weighted by atomic mass is 10.2. The quantitative estimate of drug-likeness (QED) is 0.283. The van der Waals surface area contributed by atoms with Crippen LogP contribution in [0, 0.1) is 22.7 Å². The summed E-state index contributed by atoms with van der Waals surface area (Å²) in [4.78, 5) is 3.74. The van der Waals surface area contributed by atoms with E-state index in [4.69, 9.17) is 22.3 Å². The summed E-state index contributed by atoms with van der Waals surface area (Å²) >= 11 is 0. The fourth-order valence-electron chi connectivity index (χ4n) is 0.980. The monoisotopic (exact) mass is 267 g/mol. The molecule has 0 aliphatic heterocycles. The predicted molar refractivity (Wildman–Crippen MR) is 85.0 cm³/mol. The normalized spacial score (nSPS) is 10.4. The van der Waals surface area contributed by atoms with E-state index >= 15 is 0 Å². The highest BCUT2D eigenvalue weighted by Crippen LogP contribution is 1.96. The second kappa shape index (κ2) is 9.85. The van der Waals surface area contributed by atoms with Gasteiger partial charge in [0.2, 0.25) is 0 Å². The molecule has 102 valence electrons. The van der Waals surface area contributed by atoms with Crippen LogP contribution in [0.3, 0.4) is 0 Å². The first-order valence-electron chi connectivity index (χ1n) is 5.59. The molecule has 0 radical (unpaired) electrons. The molecule has 0 unspecified atom stereocenters. The average Bonchev–Trinajstić information content (AvgIpc) is 2.50. The zero-order valence-electron chi connectivity index (χ0n) is 11.1. The lowest BCUT2D eigenvalue weighted by Gasteiger charge is -1.93. The van der Waals surface area contributed by atoms with Gasteiger partial charge in [-0.3, -0.25) is 5.41 Å². The molecule has 0 aliphatic carbocycles. The number of nitrogens with zero attached hydrogens (tertiary/aromatic N) is 1. The Hall–Kier alpha value is -3.13. The van der Waals surface area contributed by atoms with Crippen LogP contribution in [-0.4, -0.2) is 17.9 Å². The van der Waals surface area contributed by atoms with E-state index in [-0.39, 0.29) is 11.7 Å². The Kier molecular flexibility index (Phi) is 8.31. The van der Waals surface area contributed by atoms with Gasteiger partial charge in [-0.1, -0.05) is 30.0 Å². The third-order valence-electron chi connectivity index (χ3n) is 1.90. The molecule has 1 aromatic carbocycles. The summed E-state index contributed by atoms with van der Waals surface area (Å²) in [5.41, 5.74) is 11.7. The lowest BCUT2D eigenvalue weighted by Crippen LogP contribution is -2.29. The Bertz CT molecular complexity index is 573. The van der Waals surface area contributed by atoms with Crippen molar-refractivity contribution in [3.8, 4) is 11.8 Å². The Morgan fingerprint density at radius 1 is 1.20 bits per heavy atom. The highest BCUT2D eigenvalue weighted by Gasteiger charge is 1.93. The molecule has 0 heterocycles. The molecule has 5 heteroatoms. The van der Waals surface area contributed by atoms with E-state index in [1.165, 1.54) is 6.20 Å². The van der Waals surface area contributed by atoms with E-state index < -0.39 is 0 Å². The van der Waals surface area contributed by atoms with Gasteiger partial charge in [-0.2, -0.15) is 0 Å². The largest absolute Gasteiger partial charge is 0.381 e. The molecule has 6 N–H and O–H groups in total. The van der Waals surface area contributed by atoms with Crippen molar-refractivity contribution >= 4 is 17.9 Å². The molecule has 0 fully saturated rings. The van der Waals surface area contributed by atoms with Crippen LogP contribution in [0.2, 0.25) is 0 Å². The zero-order chi connectivity index (χ0) is 15.4. The fraction of sp³-hybridized carbons (Fsp3) is 0. The minimum Gasteiger partial charge on any atom is -0.381 e. The van der Waals surface area contributed by atoms with E-state index in [1.807, 2.05) is 30.3 Å². The zero-order valence-corrected chi connectivity index (χ0v) is 11.1. The number of amidine groups is 2. The molecule has 0 amide bonds. The standard InChI is InChI=1S/C13H13N5.C2H4/c14-8-11(9-18-13(17)12(15)16)7-6-10-4-2-1-3-5-10;1-2/h1-5,8-9,14H,(H3,15,16)(H2,17,18);1-2H2/b11-9-,14-8?;. The van der Waals surface area contributed by atoms with E-state index in [0.717, 1.165) is 11.8 Å². The number of hydrogen-bond donors (Lipinski definition) is 4. The van der Waals surface area contributed by atoms with E-state index in [9.17, 15) is 0 Å². The Morgan fingerprint density at radius 2 is 1.80 bits per heavy atom. The van der Waals surface area contributed by atoms with Gasteiger partial charge in [-0.05, 0) is 12.1 Å². The molecule has 1 aromatic rings. The number of aliphatic imine (C=N–C) groups is 1. The second-order valence-corrected chi connectivity index (χ2v) is 3.27. The van der Waals surface area contributed by atoms with Crippen molar-refractivity contribution in [3.05, 3.63) is 60.8 Å². The third-order valence-corrected chi connectivity index (χ3v) is 1.90. The van der Waals surface area contributed by atoms with Gasteiger partial charge in [0.1, 0.15) is 0 Å². The smallest absolute Gasteiger partial charge is 0.165 e. The summed E-state index contributed by atoms with van der Waals surface area (Å²) in [5, 5.41) is 14.2. The van der Waals surface area contributed by atoms with Gasteiger partial charge >= 0.3 is 0 Å². The van der Waals surface area contributed by atoms with Crippen LogP contribution < -0.4 is 11.5 Å². The van der Waals surface area contributed by atoms with Crippen LogP contribution in [0.4, 0.5) is 0 Å². The minimum absolute atomic E-state index is 0.101. The van der Waals surface area contributed by atoms with Crippen LogP contribution in [0.5, 0.6) is 0 Å². The topological polar surface area (TPSA) is 112 Å². The molecule has 0 aliphatic rings. The molecule has 0 saturated heterocycles. The van der Waals surface area contributed by atoms with Gasteiger partial charge in [0.25, 0.3) is 0 Å². The van der Waals surface area contributed by atoms with Gasteiger partial charge < -0.3 is 16.9 Å². The van der Waals surface area contributed by atoms with Crippen LogP contribution >= 0.6 is 0 Å². The second-order valence-electron chi connectivity index (χ2n) is 3.27.